The molecule has 0 spiro atoms. The first-order valence-electron chi connectivity index (χ1n) is 11.2. The van der Waals surface area contributed by atoms with Crippen LogP contribution in [0.2, 0.25) is 0 Å². The second-order valence-corrected chi connectivity index (χ2v) is 12.7. The number of nitrogens with zero attached hydrogens (tertiary/aromatic N) is 2. The maximum atomic E-state index is 15.4. The minimum absolute atomic E-state index is 0.0509. The van der Waals surface area contributed by atoms with E-state index >= 15 is 4.39 Å². The van der Waals surface area contributed by atoms with E-state index in [-0.39, 0.29) is 33.0 Å². The molecule has 1 heterocycles. The van der Waals surface area contributed by atoms with Crippen LogP contribution in [0, 0.1) is 11.2 Å². The van der Waals surface area contributed by atoms with Gasteiger partial charge in [-0.1, -0.05) is 39.0 Å². The number of hydrogen-bond donors (Lipinski definition) is 0. The number of halogens is 6. The Bertz CT molecular complexity index is 1330. The van der Waals surface area contributed by atoms with Gasteiger partial charge < -0.3 is 4.57 Å². The molecule has 0 aliphatic carbocycles. The minimum Gasteiger partial charge on any atom is -0.346 e. The number of fused-ring (bicyclic) bond motifs is 1. The van der Waals surface area contributed by atoms with E-state index in [9.17, 15) is 26.2 Å². The Morgan fingerprint density at radius 2 is 1.61 bits per heavy atom. The first kappa shape index (κ1) is 28.0. The van der Waals surface area contributed by atoms with E-state index in [1.54, 1.807) is 25.3 Å². The topological polar surface area (TPSA) is 34.4 Å². The Kier molecular flexibility index (Phi) is 7.52. The molecule has 196 valence electrons. The van der Waals surface area contributed by atoms with Crippen LogP contribution in [-0.4, -0.2) is 25.7 Å². The number of benzene rings is 2. The molecular weight excluding hydrogens is 502 g/mol. The van der Waals surface area contributed by atoms with Crippen molar-refractivity contribution in [2.24, 2.45) is 9.81 Å². The molecule has 0 aliphatic rings. The molecule has 1 aromatic heterocycles. The average molecular weight is 531 g/mol. The summed E-state index contributed by atoms with van der Waals surface area (Å²) >= 11 is 0. The molecular formula is C26H28F6N2OS. The van der Waals surface area contributed by atoms with Crippen molar-refractivity contribution in [1.29, 1.82) is 0 Å². The van der Waals surface area contributed by atoms with E-state index in [4.69, 9.17) is 0 Å². The van der Waals surface area contributed by atoms with Gasteiger partial charge in [0, 0.05) is 34.8 Å². The van der Waals surface area contributed by atoms with Crippen molar-refractivity contribution >= 4 is 27.6 Å². The van der Waals surface area contributed by atoms with Crippen LogP contribution in [0.3, 0.4) is 0 Å². The Hall–Kier alpha value is -2.62. The molecule has 0 bridgehead atoms. The molecule has 3 rings (SSSR count). The SMILES string of the molecule is CC(C)(C)Cn1cc(/C(=N\[S@@](=O)C(C)(C)C)C(F)F)c2cc(F)c(-c3ccccc3C(F)(F)F)cc21. The molecule has 2 aromatic carbocycles. The maximum Gasteiger partial charge on any atom is 0.417 e. The van der Waals surface area contributed by atoms with Gasteiger partial charge in [-0.2, -0.15) is 17.6 Å². The summed E-state index contributed by atoms with van der Waals surface area (Å²) in [5, 5.41) is 0.0509. The van der Waals surface area contributed by atoms with Gasteiger partial charge in [-0.15, -0.1) is 0 Å². The fraction of sp³-hybridized carbons (Fsp3) is 0.423. The lowest BCUT2D eigenvalue weighted by molar-refractivity contribution is -0.137. The highest BCUT2D eigenvalue weighted by molar-refractivity contribution is 7.85. The molecule has 10 heteroatoms. The van der Waals surface area contributed by atoms with Crippen molar-refractivity contribution in [3.63, 3.8) is 0 Å². The van der Waals surface area contributed by atoms with Crippen LogP contribution in [0.15, 0.2) is 47.0 Å². The van der Waals surface area contributed by atoms with Crippen molar-refractivity contribution in [1.82, 2.24) is 4.57 Å². The summed E-state index contributed by atoms with van der Waals surface area (Å²) in [6.45, 7) is 10.8. The van der Waals surface area contributed by atoms with Crippen LogP contribution >= 0.6 is 0 Å². The smallest absolute Gasteiger partial charge is 0.346 e. The normalized spacial score (nSPS) is 14.6. The molecule has 0 amide bonds. The zero-order valence-corrected chi connectivity index (χ0v) is 21.6. The number of alkyl halides is 5. The molecule has 0 saturated heterocycles. The standard InChI is InChI=1S/C26H28F6N2OS/c1-24(2,3)14-34-13-18(22(23(28)29)33-36(35)25(4,5)6)17-11-20(27)16(12-21(17)34)15-9-7-8-10-19(15)26(30,31)32/h7-13,23H,14H2,1-6H3/b33-22+/t36-/m0/s1. The van der Waals surface area contributed by atoms with E-state index in [0.29, 0.717) is 6.54 Å². The van der Waals surface area contributed by atoms with Crippen molar-refractivity contribution in [2.45, 2.75) is 65.4 Å². The van der Waals surface area contributed by atoms with E-state index in [2.05, 4.69) is 4.40 Å². The van der Waals surface area contributed by atoms with Gasteiger partial charge in [0.2, 0.25) is 0 Å². The summed E-state index contributed by atoms with van der Waals surface area (Å²) < 4.78 is 102. The minimum atomic E-state index is -4.72. The quantitative estimate of drug-likeness (QED) is 0.243. The maximum absolute atomic E-state index is 15.4. The van der Waals surface area contributed by atoms with Gasteiger partial charge in [0.05, 0.1) is 10.3 Å². The van der Waals surface area contributed by atoms with E-state index < -0.39 is 45.4 Å². The summed E-state index contributed by atoms with van der Waals surface area (Å²) in [7, 11) is -2.01. The van der Waals surface area contributed by atoms with E-state index in [1.165, 1.54) is 30.5 Å². The highest BCUT2D eigenvalue weighted by Crippen LogP contribution is 2.40. The highest BCUT2D eigenvalue weighted by Gasteiger charge is 2.34. The Labute approximate surface area is 208 Å². The number of rotatable bonds is 5. The molecule has 3 nitrogen and oxygen atoms in total. The molecule has 0 fully saturated rings. The van der Waals surface area contributed by atoms with Gasteiger partial charge in [-0.3, -0.25) is 0 Å². The Morgan fingerprint density at radius 3 is 2.14 bits per heavy atom. The predicted octanol–water partition coefficient (Wildman–Crippen LogP) is 8.03. The molecule has 0 saturated carbocycles. The third-order valence-electron chi connectivity index (χ3n) is 5.33. The van der Waals surface area contributed by atoms with Gasteiger partial charge in [-0.05, 0) is 49.9 Å². The second-order valence-electron chi connectivity index (χ2n) is 10.8. The fourth-order valence-corrected chi connectivity index (χ4v) is 4.39. The summed E-state index contributed by atoms with van der Waals surface area (Å²) in [4.78, 5) is 0. The fourth-order valence-electron chi connectivity index (χ4n) is 3.76. The summed E-state index contributed by atoms with van der Waals surface area (Å²) in [5.74, 6) is -1.00. The Balaban J connectivity index is 2.36. The van der Waals surface area contributed by atoms with Crippen LogP contribution in [0.1, 0.15) is 52.7 Å². The monoisotopic (exact) mass is 530 g/mol. The van der Waals surface area contributed by atoms with Gasteiger partial charge >= 0.3 is 6.18 Å². The summed E-state index contributed by atoms with van der Waals surface area (Å²) in [6, 6.07) is 6.81. The molecule has 0 unspecified atom stereocenters. The predicted molar refractivity (Wildman–Crippen MR) is 132 cm³/mol. The van der Waals surface area contributed by atoms with Gasteiger partial charge in [0.15, 0.2) is 0 Å². The molecule has 0 N–H and O–H groups in total. The zero-order valence-electron chi connectivity index (χ0n) is 20.8. The zero-order chi connectivity index (χ0) is 27.2. The van der Waals surface area contributed by atoms with Crippen LogP contribution in [0.5, 0.6) is 0 Å². The largest absolute Gasteiger partial charge is 0.417 e. The van der Waals surface area contributed by atoms with Gasteiger partial charge in [0.25, 0.3) is 6.43 Å². The van der Waals surface area contributed by atoms with Crippen molar-refractivity contribution in [3.05, 3.63) is 59.5 Å². The summed E-state index contributed by atoms with van der Waals surface area (Å²) in [5.41, 5.74) is -2.62. The Morgan fingerprint density at radius 1 is 1.00 bits per heavy atom. The van der Waals surface area contributed by atoms with Crippen LogP contribution in [0.25, 0.3) is 22.0 Å². The van der Waals surface area contributed by atoms with Crippen LogP contribution < -0.4 is 0 Å². The third-order valence-corrected chi connectivity index (χ3v) is 6.74. The molecule has 36 heavy (non-hydrogen) atoms. The van der Waals surface area contributed by atoms with Crippen molar-refractivity contribution in [2.75, 3.05) is 0 Å². The van der Waals surface area contributed by atoms with Crippen LogP contribution in [-0.2, 0) is 23.7 Å². The lowest BCUT2D eigenvalue weighted by Crippen LogP contribution is -2.23. The third kappa shape index (κ3) is 6.02. The average Bonchev–Trinajstić information content (AvgIpc) is 3.04. The van der Waals surface area contributed by atoms with E-state index in [1.807, 2.05) is 20.8 Å². The van der Waals surface area contributed by atoms with Crippen molar-refractivity contribution in [3.8, 4) is 11.1 Å². The molecule has 1 atom stereocenters. The first-order valence-corrected chi connectivity index (χ1v) is 12.3. The van der Waals surface area contributed by atoms with Gasteiger partial charge in [0.1, 0.15) is 22.5 Å². The number of aromatic nitrogens is 1. The van der Waals surface area contributed by atoms with Gasteiger partial charge in [-0.25, -0.2) is 17.4 Å². The summed E-state index contributed by atoms with van der Waals surface area (Å²) in [6.07, 6.45) is -6.46. The molecule has 0 aliphatic heterocycles. The molecule has 0 radical (unpaired) electrons. The van der Waals surface area contributed by atoms with E-state index in [0.717, 1.165) is 12.1 Å². The first-order chi connectivity index (χ1) is 16.4. The second kappa shape index (κ2) is 9.68. The van der Waals surface area contributed by atoms with Crippen molar-refractivity contribution < 1.29 is 30.6 Å². The molecule has 3 aromatic rings. The lowest BCUT2D eigenvalue weighted by atomic mass is 9.96. The lowest BCUT2D eigenvalue weighted by Gasteiger charge is -2.20. The number of hydrogen-bond acceptors (Lipinski definition) is 1. The highest BCUT2D eigenvalue weighted by atomic mass is 32.2. The van der Waals surface area contributed by atoms with Crippen LogP contribution in [0.4, 0.5) is 26.3 Å².